The standard InChI is InChI=1S/C37H48N4O9S3.C17H12N2O11S3/c1-6-10-12-25(8-3)22-40-30-18-24(5)19-32(52(45,46)47)34(30)38-36(40)27-14-16-28(17-15-27)37-39-35-31(41(37)23-26(9-4)13-11-7-2)20-29(51(42,43)44)21-33(35)53(48,49)50;1-8-4-10-16(12(5-8)32(23,24)25)18-14(29-10)2-3-15-19-17-11(30-15)6-9(31(20,21)22)7-13(17)33(26,27)28/h14-21,25-26H,6-13,22-23H2,1-5H3,(H,42,43,44)(H,45,46,47)(H,48,49,50);2-7H,1H3,(H,20,21,22)(H,23,24,25)(H,26,27,28)/b;3-2+. The van der Waals surface area contributed by atoms with E-state index in [4.69, 9.17) is 13.8 Å². The summed E-state index contributed by atoms with van der Waals surface area (Å²) in [7, 11) is -28.8. The van der Waals surface area contributed by atoms with Crippen LogP contribution in [0.25, 0.3) is 79.2 Å². The van der Waals surface area contributed by atoms with Gasteiger partial charge in [-0.25, -0.2) is 19.9 Å². The monoisotopic (exact) mass is 1300 g/mol. The topological polar surface area (TPSA) is 414 Å². The summed E-state index contributed by atoms with van der Waals surface area (Å²) in [4.78, 5) is 13.4. The molecule has 0 saturated heterocycles. The highest BCUT2D eigenvalue weighted by atomic mass is 32.2. The first-order chi connectivity index (χ1) is 40.0. The minimum Gasteiger partial charge on any atom is -0.437 e. The Labute approximate surface area is 495 Å². The maximum absolute atomic E-state index is 12.5. The third-order valence-corrected chi connectivity index (χ3v) is 19.4. The van der Waals surface area contributed by atoms with Crippen molar-refractivity contribution in [1.82, 2.24) is 29.1 Å². The number of imidazole rings is 2. The Kier molecular flexibility index (Phi) is 18.8. The van der Waals surface area contributed by atoms with Crippen molar-refractivity contribution < 1.29 is 86.7 Å². The summed E-state index contributed by atoms with van der Waals surface area (Å²) in [6.45, 7) is 12.6. The zero-order chi connectivity index (χ0) is 63.2. The van der Waals surface area contributed by atoms with Crippen LogP contribution in [-0.2, 0) is 73.8 Å². The number of fused-ring (bicyclic) bond motifs is 4. The fraction of sp³-hybridized carbons (Fsp3) is 0.333. The van der Waals surface area contributed by atoms with Crippen LogP contribution in [0.4, 0.5) is 0 Å². The van der Waals surface area contributed by atoms with Crippen molar-refractivity contribution >= 4 is 117 Å². The maximum atomic E-state index is 12.5. The van der Waals surface area contributed by atoms with Crippen LogP contribution in [0.1, 0.15) is 102 Å². The van der Waals surface area contributed by atoms with Gasteiger partial charge >= 0.3 is 0 Å². The molecule has 5 aromatic carbocycles. The van der Waals surface area contributed by atoms with E-state index >= 15 is 0 Å². The molecule has 0 aliphatic heterocycles. The Morgan fingerprint density at radius 2 is 0.791 bits per heavy atom. The van der Waals surface area contributed by atoms with E-state index in [0.717, 1.165) is 69.6 Å². The summed E-state index contributed by atoms with van der Waals surface area (Å²) in [5.41, 5.74) is 2.20. The van der Waals surface area contributed by atoms with E-state index < -0.39 is 90.7 Å². The zero-order valence-electron chi connectivity index (χ0n) is 46.8. The molecule has 0 radical (unpaired) electrons. The average Bonchev–Trinajstić information content (AvgIpc) is 3.19. The number of benzene rings is 5. The molecule has 2 atom stereocenters. The summed E-state index contributed by atoms with van der Waals surface area (Å²) in [6.07, 6.45) is 9.80. The Hall–Kier alpha value is -6.82. The number of aryl methyl sites for hydroxylation is 2. The fourth-order valence-corrected chi connectivity index (χ4v) is 13.9. The van der Waals surface area contributed by atoms with E-state index in [2.05, 4.69) is 35.7 Å². The molecule has 9 rings (SSSR count). The molecule has 0 aliphatic carbocycles. The molecule has 6 N–H and O–H groups in total. The second kappa shape index (κ2) is 24.7. The van der Waals surface area contributed by atoms with Gasteiger partial charge in [-0.3, -0.25) is 27.3 Å². The highest BCUT2D eigenvalue weighted by Gasteiger charge is 2.29. The van der Waals surface area contributed by atoms with Gasteiger partial charge in [-0.1, -0.05) is 90.5 Å². The van der Waals surface area contributed by atoms with Gasteiger partial charge in [0.25, 0.3) is 60.7 Å². The van der Waals surface area contributed by atoms with Crippen LogP contribution >= 0.6 is 0 Å². The number of oxazole rings is 2. The van der Waals surface area contributed by atoms with E-state index in [1.54, 1.807) is 42.7 Å². The van der Waals surface area contributed by atoms with Crippen molar-refractivity contribution in [3.05, 3.63) is 95.7 Å². The van der Waals surface area contributed by atoms with E-state index in [9.17, 15) is 77.8 Å². The third-order valence-electron chi connectivity index (χ3n) is 14.3. The molecule has 9 aromatic rings. The minimum absolute atomic E-state index is 0.0614. The number of aromatic nitrogens is 6. The van der Waals surface area contributed by atoms with Crippen LogP contribution in [0.15, 0.2) is 111 Å². The van der Waals surface area contributed by atoms with Gasteiger partial charge in [-0.05, 0) is 92.1 Å². The largest absolute Gasteiger partial charge is 0.437 e. The predicted molar refractivity (Wildman–Crippen MR) is 316 cm³/mol. The number of rotatable bonds is 22. The SMILES string of the molecule is CCCCC(CC)Cn1c(-c2ccc(-c3nc4c(S(=O)(=O)O)cc(S(=O)(=O)O)cc4n3CC(CC)CCCC)cc2)nc2c(S(=O)(=O)O)cc(C)cc21.Cc1cc(S(=O)(=O)O)c2nc(/C=C/c3nc4c(S(=O)(=O)O)cc(S(=O)(=O)O)cc4o3)oc2c1. The third kappa shape index (κ3) is 14.4. The van der Waals surface area contributed by atoms with E-state index in [1.807, 2.05) is 17.6 Å². The van der Waals surface area contributed by atoms with Crippen molar-refractivity contribution in [2.24, 2.45) is 11.8 Å². The zero-order valence-corrected chi connectivity index (χ0v) is 51.7. The van der Waals surface area contributed by atoms with E-state index in [1.165, 1.54) is 24.3 Å². The molecule has 86 heavy (non-hydrogen) atoms. The lowest BCUT2D eigenvalue weighted by Crippen LogP contribution is -2.12. The number of nitrogens with zero attached hydrogens (tertiary/aromatic N) is 6. The molecule has 0 bridgehead atoms. The van der Waals surface area contributed by atoms with Gasteiger partial charge in [0.2, 0.25) is 11.8 Å². The normalized spacial score (nSPS) is 13.8. The predicted octanol–water partition coefficient (Wildman–Crippen LogP) is 10.4. The molecule has 32 heteroatoms. The van der Waals surface area contributed by atoms with Crippen LogP contribution in [0, 0.1) is 25.7 Å². The van der Waals surface area contributed by atoms with Crippen molar-refractivity contribution in [2.75, 3.05) is 0 Å². The Balaban J connectivity index is 0.000000249. The number of hydrogen-bond donors (Lipinski definition) is 6. The van der Waals surface area contributed by atoms with Gasteiger partial charge in [-0.2, -0.15) is 50.5 Å². The molecule has 26 nitrogen and oxygen atoms in total. The van der Waals surface area contributed by atoms with Crippen molar-refractivity contribution in [3.63, 3.8) is 0 Å². The summed E-state index contributed by atoms with van der Waals surface area (Å²) in [5.74, 6) is 0.828. The van der Waals surface area contributed by atoms with Crippen LogP contribution < -0.4 is 0 Å². The summed E-state index contributed by atoms with van der Waals surface area (Å²) in [6, 6.07) is 16.3. The van der Waals surface area contributed by atoms with Gasteiger partial charge in [0.15, 0.2) is 11.2 Å². The van der Waals surface area contributed by atoms with Gasteiger partial charge in [0, 0.05) is 42.4 Å². The van der Waals surface area contributed by atoms with Gasteiger partial charge < -0.3 is 18.0 Å². The molecule has 462 valence electrons. The van der Waals surface area contributed by atoms with Crippen LogP contribution in [-0.4, -0.2) is 107 Å². The Bertz CT molecular complexity index is 4860. The molecule has 0 saturated carbocycles. The quantitative estimate of drug-likeness (QED) is 0.0343. The number of unbranched alkanes of at least 4 members (excludes halogenated alkanes) is 2. The molecular formula is C54H60N6O20S6. The fourth-order valence-electron chi connectivity index (χ4n) is 9.93. The highest BCUT2D eigenvalue weighted by Crippen LogP contribution is 2.37. The summed E-state index contributed by atoms with van der Waals surface area (Å²) >= 11 is 0. The van der Waals surface area contributed by atoms with Gasteiger partial charge in [-0.15, -0.1) is 0 Å². The summed E-state index contributed by atoms with van der Waals surface area (Å²) in [5, 5.41) is 0. The molecular weight excluding hydrogens is 1250 g/mol. The van der Waals surface area contributed by atoms with Gasteiger partial charge in [0.1, 0.15) is 53.3 Å². The van der Waals surface area contributed by atoms with Gasteiger partial charge in [0.05, 0.1) is 20.8 Å². The van der Waals surface area contributed by atoms with E-state index in [-0.39, 0.29) is 61.7 Å². The van der Waals surface area contributed by atoms with Crippen molar-refractivity contribution in [2.45, 2.75) is 135 Å². The lowest BCUT2D eigenvalue weighted by Gasteiger charge is -2.19. The second-order valence-electron chi connectivity index (χ2n) is 20.6. The summed E-state index contributed by atoms with van der Waals surface area (Å²) < 4.78 is 216. The molecule has 4 aromatic heterocycles. The molecule has 0 spiro atoms. The smallest absolute Gasteiger partial charge is 0.296 e. The number of hydrogen-bond acceptors (Lipinski definition) is 18. The molecule has 4 heterocycles. The molecule has 0 aliphatic rings. The lowest BCUT2D eigenvalue weighted by molar-refractivity contribution is 0.397. The average molecular weight is 1310 g/mol. The molecule has 0 fully saturated rings. The maximum Gasteiger partial charge on any atom is 0.296 e. The van der Waals surface area contributed by atoms with Crippen molar-refractivity contribution in [3.8, 4) is 22.8 Å². The Morgan fingerprint density at radius 1 is 0.442 bits per heavy atom. The minimum atomic E-state index is -4.96. The molecule has 0 amide bonds. The first-order valence-electron chi connectivity index (χ1n) is 26.6. The highest BCUT2D eigenvalue weighted by molar-refractivity contribution is 7.87. The van der Waals surface area contributed by atoms with E-state index in [0.29, 0.717) is 64.6 Å². The molecule has 2 unspecified atom stereocenters. The Morgan fingerprint density at radius 3 is 1.17 bits per heavy atom. The lowest BCUT2D eigenvalue weighted by atomic mass is 9.99. The van der Waals surface area contributed by atoms with Crippen LogP contribution in [0.2, 0.25) is 0 Å². The van der Waals surface area contributed by atoms with Crippen molar-refractivity contribution in [1.29, 1.82) is 0 Å². The first-order valence-corrected chi connectivity index (χ1v) is 35.2. The first kappa shape index (κ1) is 65.2. The van der Waals surface area contributed by atoms with Crippen LogP contribution in [0.3, 0.4) is 0 Å². The van der Waals surface area contributed by atoms with Crippen LogP contribution in [0.5, 0.6) is 0 Å². The second-order valence-corrected chi connectivity index (χ2v) is 29.0.